The molecule has 25 heavy (non-hydrogen) atoms. The third kappa shape index (κ3) is 2.64. The van der Waals surface area contributed by atoms with E-state index in [0.717, 1.165) is 43.9 Å². The van der Waals surface area contributed by atoms with E-state index in [2.05, 4.69) is 12.1 Å². The van der Waals surface area contributed by atoms with Gasteiger partial charge in [0.2, 0.25) is 0 Å². The molecule has 4 rings (SSSR count). The Hall–Kier alpha value is -1.91. The quantitative estimate of drug-likeness (QED) is 0.670. The van der Waals surface area contributed by atoms with Crippen molar-refractivity contribution < 1.29 is 19.4 Å². The Labute approximate surface area is 148 Å². The van der Waals surface area contributed by atoms with Crippen molar-refractivity contribution in [3.63, 3.8) is 0 Å². The van der Waals surface area contributed by atoms with Crippen LogP contribution in [0.5, 0.6) is 0 Å². The molecule has 1 aromatic carbocycles. The summed E-state index contributed by atoms with van der Waals surface area (Å²) in [5.41, 5.74) is 2.48. The molecule has 1 unspecified atom stereocenters. The second-order valence-corrected chi connectivity index (χ2v) is 7.24. The van der Waals surface area contributed by atoms with Crippen LogP contribution in [-0.2, 0) is 20.7 Å². The van der Waals surface area contributed by atoms with Crippen LogP contribution in [0.1, 0.15) is 37.7 Å². The van der Waals surface area contributed by atoms with Crippen LogP contribution in [0.25, 0.3) is 0 Å². The van der Waals surface area contributed by atoms with Crippen LogP contribution in [0.2, 0.25) is 0 Å². The summed E-state index contributed by atoms with van der Waals surface area (Å²) in [5.74, 6) is -0.747. The summed E-state index contributed by atoms with van der Waals surface area (Å²) < 4.78 is 12.4. The van der Waals surface area contributed by atoms with Crippen molar-refractivity contribution in [3.8, 4) is 0 Å². The van der Waals surface area contributed by atoms with E-state index in [4.69, 9.17) is 9.47 Å². The molecule has 132 valence electrons. The minimum atomic E-state index is -0.666. The fourth-order valence-electron chi connectivity index (χ4n) is 4.78. The number of ketones is 1. The topological polar surface area (TPSA) is 55.8 Å². The van der Waals surface area contributed by atoms with Gasteiger partial charge in [-0.25, -0.2) is 0 Å². The normalized spacial score (nSPS) is 29.7. The van der Waals surface area contributed by atoms with Crippen LogP contribution in [-0.4, -0.2) is 29.9 Å². The van der Waals surface area contributed by atoms with Gasteiger partial charge in [0, 0.05) is 12.0 Å². The molecular weight excluding hydrogens is 316 g/mol. The maximum Gasteiger partial charge on any atom is 0.184 e. The zero-order chi connectivity index (χ0) is 17.3. The zero-order valence-corrected chi connectivity index (χ0v) is 14.4. The summed E-state index contributed by atoms with van der Waals surface area (Å²) in [6.07, 6.45) is 7.61. The smallest absolute Gasteiger partial charge is 0.184 e. The number of allylic oxidation sites excluding steroid dienone is 2. The molecule has 0 amide bonds. The molecule has 1 heterocycles. The van der Waals surface area contributed by atoms with Gasteiger partial charge in [-0.15, -0.1) is 0 Å². The first-order chi connectivity index (χ1) is 12.2. The van der Waals surface area contributed by atoms with Crippen LogP contribution in [0.3, 0.4) is 0 Å². The van der Waals surface area contributed by atoms with E-state index in [1.807, 2.05) is 18.2 Å². The van der Waals surface area contributed by atoms with Gasteiger partial charge >= 0.3 is 0 Å². The van der Waals surface area contributed by atoms with Gasteiger partial charge in [0.25, 0.3) is 0 Å². The van der Waals surface area contributed by atoms with Crippen LogP contribution < -0.4 is 0 Å². The summed E-state index contributed by atoms with van der Waals surface area (Å²) in [6, 6.07) is 10.4. The molecule has 4 nitrogen and oxygen atoms in total. The van der Waals surface area contributed by atoms with Gasteiger partial charge in [-0.05, 0) is 43.7 Å². The lowest BCUT2D eigenvalue weighted by molar-refractivity contribution is -0.241. The fraction of sp³-hybridized carbons (Fsp3) is 0.476. The van der Waals surface area contributed by atoms with Crippen LogP contribution in [0, 0.1) is 5.41 Å². The minimum Gasteiger partial charge on any atom is -0.515 e. The van der Waals surface area contributed by atoms with E-state index in [1.165, 1.54) is 5.56 Å². The molecule has 3 aliphatic rings. The lowest BCUT2D eigenvalue weighted by Gasteiger charge is -2.53. The summed E-state index contributed by atoms with van der Waals surface area (Å²) in [5, 5.41) is 9.59. The van der Waals surface area contributed by atoms with Gasteiger partial charge in [0.05, 0.1) is 24.9 Å². The van der Waals surface area contributed by atoms with Crippen molar-refractivity contribution in [1.82, 2.24) is 0 Å². The number of aryl methyl sites for hydroxylation is 1. The van der Waals surface area contributed by atoms with Gasteiger partial charge in [-0.1, -0.05) is 35.9 Å². The Kier molecular flexibility index (Phi) is 4.26. The van der Waals surface area contributed by atoms with Gasteiger partial charge in [0.1, 0.15) is 0 Å². The van der Waals surface area contributed by atoms with Gasteiger partial charge < -0.3 is 14.6 Å². The van der Waals surface area contributed by atoms with Gasteiger partial charge in [-0.2, -0.15) is 0 Å². The Morgan fingerprint density at radius 2 is 1.92 bits per heavy atom. The first kappa shape index (κ1) is 16.6. The number of benzene rings is 1. The molecule has 1 spiro atoms. The van der Waals surface area contributed by atoms with Crippen molar-refractivity contribution in [2.45, 2.75) is 44.3 Å². The second kappa shape index (κ2) is 6.43. The Morgan fingerprint density at radius 1 is 1.16 bits per heavy atom. The number of hydrogen-bond donors (Lipinski definition) is 1. The highest BCUT2D eigenvalue weighted by Crippen LogP contribution is 2.59. The second-order valence-electron chi connectivity index (χ2n) is 7.24. The molecule has 0 bridgehead atoms. The molecule has 1 N–H and O–H groups in total. The molecule has 0 radical (unpaired) electrons. The molecule has 2 aliphatic carbocycles. The highest BCUT2D eigenvalue weighted by molar-refractivity contribution is 6.05. The molecule has 2 fully saturated rings. The Balaban J connectivity index is 1.75. The van der Waals surface area contributed by atoms with Crippen molar-refractivity contribution in [2.75, 3.05) is 13.2 Å². The number of carbonyl (C=O) groups is 1. The summed E-state index contributed by atoms with van der Waals surface area (Å²) in [4.78, 5) is 12.3. The van der Waals surface area contributed by atoms with E-state index < -0.39 is 5.79 Å². The van der Waals surface area contributed by atoms with Crippen LogP contribution >= 0.6 is 0 Å². The van der Waals surface area contributed by atoms with Gasteiger partial charge in [-0.3, -0.25) is 4.79 Å². The molecule has 4 heteroatoms. The molecule has 0 aromatic heterocycles. The van der Waals surface area contributed by atoms with Crippen molar-refractivity contribution in [2.24, 2.45) is 5.41 Å². The monoisotopic (exact) mass is 340 g/mol. The van der Waals surface area contributed by atoms with E-state index >= 15 is 0 Å². The SMILES string of the molecule is O=C1C=C2CCCC3(OCCO3)C2(CCc2ccccc2)C/C1=C/O. The largest absolute Gasteiger partial charge is 0.515 e. The van der Waals surface area contributed by atoms with Crippen molar-refractivity contribution in [1.29, 1.82) is 0 Å². The number of aliphatic hydroxyl groups excluding tert-OH is 1. The van der Waals surface area contributed by atoms with E-state index in [9.17, 15) is 9.90 Å². The Bertz CT molecular complexity index is 713. The van der Waals surface area contributed by atoms with E-state index in [-0.39, 0.29) is 11.2 Å². The molecule has 1 saturated heterocycles. The average Bonchev–Trinajstić information content (AvgIpc) is 3.11. The average molecular weight is 340 g/mol. The van der Waals surface area contributed by atoms with Crippen LogP contribution in [0.4, 0.5) is 0 Å². The standard InChI is InChI=1S/C21H24O4/c22-15-17-14-20(10-8-16-5-2-1-3-6-16)18(13-19(17)23)7-4-9-21(20)24-11-12-25-21/h1-3,5-6,13,15,22H,4,7-12,14H2/b17-15-. The first-order valence-corrected chi connectivity index (χ1v) is 9.10. The van der Waals surface area contributed by atoms with Crippen molar-refractivity contribution in [3.05, 3.63) is 59.4 Å². The lowest BCUT2D eigenvalue weighted by atomic mass is 9.57. The third-order valence-electron chi connectivity index (χ3n) is 6.00. The number of fused-ring (bicyclic) bond motifs is 2. The number of hydrogen-bond acceptors (Lipinski definition) is 4. The predicted molar refractivity (Wildman–Crippen MR) is 94.1 cm³/mol. The molecule has 1 aliphatic heterocycles. The number of ether oxygens (including phenoxy) is 2. The van der Waals surface area contributed by atoms with Crippen LogP contribution in [0.15, 0.2) is 53.8 Å². The summed E-state index contributed by atoms with van der Waals surface area (Å²) in [6.45, 7) is 1.18. The van der Waals surface area contributed by atoms with E-state index in [1.54, 1.807) is 6.08 Å². The lowest BCUT2D eigenvalue weighted by Crippen LogP contribution is -2.55. The maximum absolute atomic E-state index is 12.3. The van der Waals surface area contributed by atoms with E-state index in [0.29, 0.717) is 25.2 Å². The highest BCUT2D eigenvalue weighted by Gasteiger charge is 2.60. The maximum atomic E-state index is 12.3. The molecule has 1 aromatic rings. The number of carbonyl (C=O) groups excluding carboxylic acids is 1. The molecule has 1 saturated carbocycles. The fourth-order valence-corrected chi connectivity index (χ4v) is 4.78. The van der Waals surface area contributed by atoms with Gasteiger partial charge in [0.15, 0.2) is 11.6 Å². The molecular formula is C21H24O4. The summed E-state index contributed by atoms with van der Waals surface area (Å²) in [7, 11) is 0. The molecule has 1 atom stereocenters. The zero-order valence-electron chi connectivity index (χ0n) is 14.4. The van der Waals surface area contributed by atoms with Crippen molar-refractivity contribution >= 4 is 5.78 Å². The Morgan fingerprint density at radius 3 is 2.64 bits per heavy atom. The number of aliphatic hydroxyl groups is 1. The third-order valence-corrected chi connectivity index (χ3v) is 6.00. The minimum absolute atomic E-state index is 0.0807. The predicted octanol–water partition coefficient (Wildman–Crippen LogP) is 3.87. The number of rotatable bonds is 3. The summed E-state index contributed by atoms with van der Waals surface area (Å²) >= 11 is 0. The first-order valence-electron chi connectivity index (χ1n) is 9.10. The highest BCUT2D eigenvalue weighted by atomic mass is 16.7.